The molecule has 0 spiro atoms. The van der Waals surface area contributed by atoms with E-state index in [1.54, 1.807) is 6.92 Å². The predicted molar refractivity (Wildman–Crippen MR) is 65.1 cm³/mol. The topological polar surface area (TPSA) is 43.9 Å². The first-order valence-corrected chi connectivity index (χ1v) is 5.63. The summed E-state index contributed by atoms with van der Waals surface area (Å²) < 4.78 is 7.40. The molecular formula is C12H10ClN3O. The third kappa shape index (κ3) is 1.91. The van der Waals surface area contributed by atoms with Crippen LogP contribution in [0.3, 0.4) is 0 Å². The third-order valence-electron chi connectivity index (χ3n) is 2.61. The Labute approximate surface area is 103 Å². The van der Waals surface area contributed by atoms with Crippen molar-refractivity contribution in [2.45, 2.75) is 13.5 Å². The molecule has 0 saturated carbocycles. The Morgan fingerprint density at radius 1 is 1.29 bits per heavy atom. The zero-order chi connectivity index (χ0) is 11.8. The maximum Gasteiger partial charge on any atom is 0.236 e. The lowest BCUT2D eigenvalue weighted by molar-refractivity contribution is 0.457. The minimum Gasteiger partial charge on any atom is -0.424 e. The van der Waals surface area contributed by atoms with Crippen molar-refractivity contribution in [3.63, 3.8) is 0 Å². The van der Waals surface area contributed by atoms with E-state index < -0.39 is 0 Å². The lowest BCUT2D eigenvalue weighted by Crippen LogP contribution is -1.97. The summed E-state index contributed by atoms with van der Waals surface area (Å²) in [4.78, 5) is 0. The summed E-state index contributed by atoms with van der Waals surface area (Å²) in [7, 11) is 0. The van der Waals surface area contributed by atoms with Crippen LogP contribution in [0, 0.1) is 6.92 Å². The molecule has 0 aliphatic rings. The van der Waals surface area contributed by atoms with Crippen molar-refractivity contribution in [2.75, 3.05) is 0 Å². The van der Waals surface area contributed by atoms with E-state index in [1.165, 1.54) is 0 Å². The number of hydrogen-bond acceptors (Lipinski definition) is 3. The Balaban J connectivity index is 2.03. The summed E-state index contributed by atoms with van der Waals surface area (Å²) in [6.07, 6.45) is 1.99. The molecule has 3 aromatic rings. The van der Waals surface area contributed by atoms with E-state index >= 15 is 0 Å². The smallest absolute Gasteiger partial charge is 0.236 e. The molecule has 5 heteroatoms. The summed E-state index contributed by atoms with van der Waals surface area (Å²) in [5, 5.41) is 9.65. The number of hydrogen-bond donors (Lipinski definition) is 0. The molecule has 2 heterocycles. The molecule has 0 fully saturated rings. The van der Waals surface area contributed by atoms with Gasteiger partial charge in [-0.3, -0.25) is 0 Å². The fraction of sp³-hybridized carbons (Fsp3) is 0.167. The van der Waals surface area contributed by atoms with Crippen LogP contribution in [0.2, 0.25) is 5.02 Å². The molecule has 0 N–H and O–H groups in total. The maximum atomic E-state index is 5.99. The molecule has 0 amide bonds. The highest BCUT2D eigenvalue weighted by Crippen LogP contribution is 2.21. The molecule has 4 nitrogen and oxygen atoms in total. The van der Waals surface area contributed by atoms with Gasteiger partial charge in [-0.1, -0.05) is 17.7 Å². The molecule has 0 atom stereocenters. The van der Waals surface area contributed by atoms with Gasteiger partial charge in [0, 0.05) is 23.7 Å². The summed E-state index contributed by atoms with van der Waals surface area (Å²) in [5.41, 5.74) is 1.06. The molecule has 2 aromatic heterocycles. The van der Waals surface area contributed by atoms with Crippen LogP contribution >= 0.6 is 11.6 Å². The average Bonchev–Trinajstić information content (AvgIpc) is 2.87. The van der Waals surface area contributed by atoms with Crippen molar-refractivity contribution in [3.05, 3.63) is 47.3 Å². The van der Waals surface area contributed by atoms with Gasteiger partial charge in [0.2, 0.25) is 11.8 Å². The number of aryl methyl sites for hydroxylation is 1. The first-order chi connectivity index (χ1) is 8.22. The Bertz CT molecular complexity index is 671. The van der Waals surface area contributed by atoms with Gasteiger partial charge in [0.15, 0.2) is 0 Å². The van der Waals surface area contributed by atoms with E-state index in [1.807, 2.05) is 35.0 Å². The molecule has 0 radical (unpaired) electrons. The van der Waals surface area contributed by atoms with Crippen molar-refractivity contribution in [2.24, 2.45) is 0 Å². The number of fused-ring (bicyclic) bond motifs is 1. The van der Waals surface area contributed by atoms with Gasteiger partial charge in [0.1, 0.15) is 6.54 Å². The summed E-state index contributed by atoms with van der Waals surface area (Å²) in [6.45, 7) is 2.34. The van der Waals surface area contributed by atoms with Crippen LogP contribution < -0.4 is 0 Å². The van der Waals surface area contributed by atoms with Crippen LogP contribution in [0.5, 0.6) is 0 Å². The van der Waals surface area contributed by atoms with E-state index in [-0.39, 0.29) is 0 Å². The van der Waals surface area contributed by atoms with Gasteiger partial charge in [-0.15, -0.1) is 10.2 Å². The second-order valence-corrected chi connectivity index (χ2v) is 4.30. The minimum absolute atomic E-state index is 0.560. The normalized spacial score (nSPS) is 11.2. The molecule has 0 aliphatic heterocycles. The standard InChI is InChI=1S/C12H10ClN3O/c1-8-14-15-12(17-8)7-16-5-4-9-2-3-10(13)6-11(9)16/h2-6H,7H2,1H3. The number of aromatic nitrogens is 3. The summed E-state index contributed by atoms with van der Waals surface area (Å²) in [6, 6.07) is 7.84. The van der Waals surface area contributed by atoms with Gasteiger partial charge in [-0.25, -0.2) is 0 Å². The first-order valence-electron chi connectivity index (χ1n) is 5.26. The highest BCUT2D eigenvalue weighted by atomic mass is 35.5. The second kappa shape index (κ2) is 3.89. The van der Waals surface area contributed by atoms with Gasteiger partial charge in [0.25, 0.3) is 0 Å². The van der Waals surface area contributed by atoms with Gasteiger partial charge in [-0.2, -0.15) is 0 Å². The lowest BCUT2D eigenvalue weighted by atomic mass is 10.2. The number of nitrogens with zero attached hydrogens (tertiary/aromatic N) is 3. The largest absolute Gasteiger partial charge is 0.424 e. The maximum absolute atomic E-state index is 5.99. The third-order valence-corrected chi connectivity index (χ3v) is 2.84. The highest BCUT2D eigenvalue weighted by molar-refractivity contribution is 6.31. The van der Waals surface area contributed by atoms with Crippen LogP contribution in [-0.4, -0.2) is 14.8 Å². The molecular weight excluding hydrogens is 238 g/mol. The van der Waals surface area contributed by atoms with Crippen LogP contribution in [0.1, 0.15) is 11.8 Å². The van der Waals surface area contributed by atoms with E-state index in [0.717, 1.165) is 15.9 Å². The fourth-order valence-corrected chi connectivity index (χ4v) is 2.01. The van der Waals surface area contributed by atoms with Crippen LogP contribution in [0.15, 0.2) is 34.9 Å². The Kier molecular flexibility index (Phi) is 2.37. The van der Waals surface area contributed by atoms with Gasteiger partial charge < -0.3 is 8.98 Å². The van der Waals surface area contributed by atoms with Crippen LogP contribution in [-0.2, 0) is 6.54 Å². The van der Waals surface area contributed by atoms with Crippen LogP contribution in [0.4, 0.5) is 0 Å². The zero-order valence-electron chi connectivity index (χ0n) is 9.22. The highest BCUT2D eigenvalue weighted by Gasteiger charge is 2.06. The molecule has 0 saturated heterocycles. The van der Waals surface area contributed by atoms with Crippen molar-refractivity contribution >= 4 is 22.5 Å². The van der Waals surface area contributed by atoms with Gasteiger partial charge in [0.05, 0.1) is 0 Å². The Morgan fingerprint density at radius 3 is 2.94 bits per heavy atom. The molecule has 0 aliphatic carbocycles. The van der Waals surface area contributed by atoms with E-state index in [0.29, 0.717) is 18.3 Å². The second-order valence-electron chi connectivity index (χ2n) is 3.86. The number of benzene rings is 1. The Hall–Kier alpha value is -1.81. The molecule has 86 valence electrons. The van der Waals surface area contributed by atoms with Crippen molar-refractivity contribution in [1.82, 2.24) is 14.8 Å². The molecule has 1 aromatic carbocycles. The monoisotopic (exact) mass is 247 g/mol. The zero-order valence-corrected chi connectivity index (χ0v) is 9.98. The summed E-state index contributed by atoms with van der Waals surface area (Å²) in [5.74, 6) is 1.18. The fourth-order valence-electron chi connectivity index (χ4n) is 1.84. The average molecular weight is 248 g/mol. The molecule has 3 rings (SSSR count). The lowest BCUT2D eigenvalue weighted by Gasteiger charge is -2.01. The van der Waals surface area contributed by atoms with E-state index in [4.69, 9.17) is 16.0 Å². The molecule has 0 bridgehead atoms. The number of rotatable bonds is 2. The SMILES string of the molecule is Cc1nnc(Cn2ccc3ccc(Cl)cc32)o1. The van der Waals surface area contributed by atoms with Gasteiger partial charge in [-0.05, 0) is 23.6 Å². The van der Waals surface area contributed by atoms with Crippen molar-refractivity contribution in [1.29, 1.82) is 0 Å². The first kappa shape index (κ1) is 10.4. The van der Waals surface area contributed by atoms with E-state index in [2.05, 4.69) is 10.2 Å². The minimum atomic E-state index is 0.560. The van der Waals surface area contributed by atoms with Crippen molar-refractivity contribution < 1.29 is 4.42 Å². The van der Waals surface area contributed by atoms with E-state index in [9.17, 15) is 0 Å². The quantitative estimate of drug-likeness (QED) is 0.699. The summed E-state index contributed by atoms with van der Waals surface area (Å²) >= 11 is 5.99. The van der Waals surface area contributed by atoms with Gasteiger partial charge >= 0.3 is 0 Å². The molecule has 17 heavy (non-hydrogen) atoms. The predicted octanol–water partition coefficient (Wildman–Crippen LogP) is 3.03. The van der Waals surface area contributed by atoms with Crippen molar-refractivity contribution in [3.8, 4) is 0 Å². The Morgan fingerprint density at radius 2 is 2.18 bits per heavy atom. The van der Waals surface area contributed by atoms with Crippen LogP contribution in [0.25, 0.3) is 10.9 Å². The molecule has 0 unspecified atom stereocenters. The number of halogens is 1.